The molecule has 0 bridgehead atoms. The van der Waals surface area contributed by atoms with E-state index in [1.807, 2.05) is 6.92 Å². The van der Waals surface area contributed by atoms with E-state index < -0.39 is 6.10 Å². The number of aryl methyl sites for hydroxylation is 3. The standard InChI is InChI=1S/C17H19FO/c1-12-3-6-14(7-4-12)8-10-17(19)15-9-5-13(2)16(18)11-15/h3-7,9,11,17,19H,8,10H2,1-2H3. The topological polar surface area (TPSA) is 20.2 Å². The van der Waals surface area contributed by atoms with E-state index in [4.69, 9.17) is 0 Å². The maximum absolute atomic E-state index is 13.4. The van der Waals surface area contributed by atoms with Crippen LogP contribution >= 0.6 is 0 Å². The first-order valence-electron chi connectivity index (χ1n) is 6.56. The van der Waals surface area contributed by atoms with E-state index in [1.165, 1.54) is 17.2 Å². The molecule has 2 aromatic carbocycles. The Morgan fingerprint density at radius 3 is 2.37 bits per heavy atom. The highest BCUT2D eigenvalue weighted by Crippen LogP contribution is 2.21. The molecule has 0 aliphatic heterocycles. The molecule has 0 aromatic heterocycles. The molecule has 0 heterocycles. The lowest BCUT2D eigenvalue weighted by Crippen LogP contribution is -2.01. The molecule has 100 valence electrons. The van der Waals surface area contributed by atoms with Crippen LogP contribution < -0.4 is 0 Å². The molecule has 0 amide bonds. The molecule has 2 rings (SSSR count). The van der Waals surface area contributed by atoms with Crippen molar-refractivity contribution in [1.29, 1.82) is 0 Å². The summed E-state index contributed by atoms with van der Waals surface area (Å²) in [5.41, 5.74) is 3.67. The first-order chi connectivity index (χ1) is 9.06. The zero-order chi connectivity index (χ0) is 13.8. The zero-order valence-corrected chi connectivity index (χ0v) is 11.4. The Hall–Kier alpha value is -1.67. The van der Waals surface area contributed by atoms with E-state index in [2.05, 4.69) is 24.3 Å². The minimum absolute atomic E-state index is 0.258. The van der Waals surface area contributed by atoms with Gasteiger partial charge in [-0.15, -0.1) is 0 Å². The Balaban J connectivity index is 1.98. The van der Waals surface area contributed by atoms with E-state index in [9.17, 15) is 9.50 Å². The van der Waals surface area contributed by atoms with Crippen LogP contribution in [0.5, 0.6) is 0 Å². The smallest absolute Gasteiger partial charge is 0.126 e. The molecule has 0 fully saturated rings. The Labute approximate surface area is 113 Å². The lowest BCUT2D eigenvalue weighted by Gasteiger charge is -2.12. The van der Waals surface area contributed by atoms with Crippen LogP contribution in [0.3, 0.4) is 0 Å². The average Bonchev–Trinajstić information content (AvgIpc) is 2.41. The van der Waals surface area contributed by atoms with Crippen molar-refractivity contribution in [3.05, 3.63) is 70.5 Å². The largest absolute Gasteiger partial charge is 0.388 e. The minimum atomic E-state index is -0.614. The van der Waals surface area contributed by atoms with Gasteiger partial charge in [0.2, 0.25) is 0 Å². The number of aliphatic hydroxyl groups excluding tert-OH is 1. The van der Waals surface area contributed by atoms with Crippen LogP contribution in [0.1, 0.15) is 34.8 Å². The van der Waals surface area contributed by atoms with Crippen molar-refractivity contribution in [2.24, 2.45) is 0 Å². The maximum atomic E-state index is 13.4. The fraction of sp³-hybridized carbons (Fsp3) is 0.294. The second-order valence-corrected chi connectivity index (χ2v) is 5.05. The predicted molar refractivity (Wildman–Crippen MR) is 75.6 cm³/mol. The summed E-state index contributed by atoms with van der Waals surface area (Å²) in [7, 11) is 0. The van der Waals surface area contributed by atoms with Gasteiger partial charge in [-0.1, -0.05) is 42.0 Å². The average molecular weight is 258 g/mol. The number of rotatable bonds is 4. The molecule has 1 atom stereocenters. The second-order valence-electron chi connectivity index (χ2n) is 5.05. The van der Waals surface area contributed by atoms with Crippen molar-refractivity contribution in [1.82, 2.24) is 0 Å². The van der Waals surface area contributed by atoms with Gasteiger partial charge in [-0.3, -0.25) is 0 Å². The summed E-state index contributed by atoms with van der Waals surface area (Å²) in [6.07, 6.45) is 0.777. The highest BCUT2D eigenvalue weighted by Gasteiger charge is 2.09. The monoisotopic (exact) mass is 258 g/mol. The van der Waals surface area contributed by atoms with Gasteiger partial charge in [0, 0.05) is 0 Å². The first-order valence-corrected chi connectivity index (χ1v) is 6.56. The second kappa shape index (κ2) is 5.98. The molecule has 0 spiro atoms. The number of halogens is 1. The van der Waals surface area contributed by atoms with Gasteiger partial charge in [0.1, 0.15) is 5.82 Å². The molecular weight excluding hydrogens is 239 g/mol. The van der Waals surface area contributed by atoms with Crippen LogP contribution in [-0.4, -0.2) is 5.11 Å². The van der Waals surface area contributed by atoms with Gasteiger partial charge in [0.05, 0.1) is 6.10 Å². The van der Waals surface area contributed by atoms with E-state index in [0.29, 0.717) is 17.5 Å². The lowest BCUT2D eigenvalue weighted by molar-refractivity contribution is 0.167. The highest BCUT2D eigenvalue weighted by atomic mass is 19.1. The summed E-state index contributed by atoms with van der Waals surface area (Å²) in [6.45, 7) is 3.77. The molecule has 0 aliphatic carbocycles. The third kappa shape index (κ3) is 3.65. The molecule has 1 unspecified atom stereocenters. The molecule has 2 aromatic rings. The van der Waals surface area contributed by atoms with Crippen molar-refractivity contribution in [3.8, 4) is 0 Å². The quantitative estimate of drug-likeness (QED) is 0.875. The summed E-state index contributed by atoms with van der Waals surface area (Å²) in [4.78, 5) is 0. The van der Waals surface area contributed by atoms with Gasteiger partial charge in [0.25, 0.3) is 0 Å². The molecule has 0 radical (unpaired) electrons. The maximum Gasteiger partial charge on any atom is 0.126 e. The molecule has 0 saturated carbocycles. The van der Waals surface area contributed by atoms with Gasteiger partial charge in [-0.25, -0.2) is 4.39 Å². The Bertz CT molecular complexity index is 546. The number of aliphatic hydroxyl groups is 1. The molecule has 2 heteroatoms. The molecule has 19 heavy (non-hydrogen) atoms. The van der Waals surface area contributed by atoms with Gasteiger partial charge in [0.15, 0.2) is 0 Å². The first kappa shape index (κ1) is 13.8. The lowest BCUT2D eigenvalue weighted by atomic mass is 10.00. The molecular formula is C17H19FO. The Morgan fingerprint density at radius 1 is 1.05 bits per heavy atom. The van der Waals surface area contributed by atoms with Crippen LogP contribution in [0.2, 0.25) is 0 Å². The number of hydrogen-bond donors (Lipinski definition) is 1. The SMILES string of the molecule is Cc1ccc(CCC(O)c2ccc(C)c(F)c2)cc1. The predicted octanol–water partition coefficient (Wildman–Crippen LogP) is 4.11. The van der Waals surface area contributed by atoms with E-state index in [1.54, 1.807) is 19.1 Å². The van der Waals surface area contributed by atoms with Crippen LogP contribution in [0.15, 0.2) is 42.5 Å². The summed E-state index contributed by atoms with van der Waals surface area (Å²) >= 11 is 0. The third-order valence-corrected chi connectivity index (χ3v) is 3.41. The van der Waals surface area contributed by atoms with Crippen LogP contribution in [0, 0.1) is 19.7 Å². The molecule has 0 aliphatic rings. The van der Waals surface area contributed by atoms with Crippen molar-refractivity contribution in [2.45, 2.75) is 32.8 Å². The van der Waals surface area contributed by atoms with Crippen molar-refractivity contribution >= 4 is 0 Å². The van der Waals surface area contributed by atoms with E-state index in [-0.39, 0.29) is 5.82 Å². The van der Waals surface area contributed by atoms with Crippen molar-refractivity contribution in [3.63, 3.8) is 0 Å². The summed E-state index contributed by atoms with van der Waals surface area (Å²) in [5.74, 6) is -0.258. The van der Waals surface area contributed by atoms with Crippen LogP contribution in [0.25, 0.3) is 0 Å². The Morgan fingerprint density at radius 2 is 1.74 bits per heavy atom. The minimum Gasteiger partial charge on any atom is -0.388 e. The van der Waals surface area contributed by atoms with Gasteiger partial charge < -0.3 is 5.11 Å². The van der Waals surface area contributed by atoms with Crippen LogP contribution in [0.4, 0.5) is 4.39 Å². The fourth-order valence-corrected chi connectivity index (χ4v) is 2.04. The van der Waals surface area contributed by atoms with Gasteiger partial charge >= 0.3 is 0 Å². The number of hydrogen-bond acceptors (Lipinski definition) is 1. The Kier molecular flexibility index (Phi) is 4.33. The zero-order valence-electron chi connectivity index (χ0n) is 11.4. The van der Waals surface area contributed by atoms with Crippen LogP contribution in [-0.2, 0) is 6.42 Å². The van der Waals surface area contributed by atoms with Gasteiger partial charge in [-0.2, -0.15) is 0 Å². The van der Waals surface area contributed by atoms with Crippen molar-refractivity contribution < 1.29 is 9.50 Å². The van der Waals surface area contributed by atoms with E-state index >= 15 is 0 Å². The van der Waals surface area contributed by atoms with E-state index in [0.717, 1.165) is 6.42 Å². The van der Waals surface area contributed by atoms with Crippen molar-refractivity contribution in [2.75, 3.05) is 0 Å². The summed E-state index contributed by atoms with van der Waals surface area (Å²) in [5, 5.41) is 10.1. The summed E-state index contributed by atoms with van der Waals surface area (Å²) in [6, 6.07) is 13.2. The summed E-state index contributed by atoms with van der Waals surface area (Å²) < 4.78 is 13.4. The highest BCUT2D eigenvalue weighted by molar-refractivity contribution is 5.26. The molecule has 1 N–H and O–H groups in total. The number of benzene rings is 2. The van der Waals surface area contributed by atoms with Gasteiger partial charge in [-0.05, 0) is 49.4 Å². The molecule has 1 nitrogen and oxygen atoms in total. The molecule has 0 saturated heterocycles. The fourth-order valence-electron chi connectivity index (χ4n) is 2.04. The third-order valence-electron chi connectivity index (χ3n) is 3.41. The normalized spacial score (nSPS) is 12.4.